The molecule has 20 aromatic rings. The Labute approximate surface area is 530 Å². The van der Waals surface area contributed by atoms with Crippen molar-refractivity contribution in [3.8, 4) is 56.7 Å². The molecule has 0 unspecified atom stereocenters. The Morgan fingerprint density at radius 1 is 0.256 bits per heavy atom. The van der Waals surface area contributed by atoms with E-state index in [0.29, 0.717) is 0 Å². The molecule has 0 atom stereocenters. The van der Waals surface area contributed by atoms with Crippen molar-refractivity contribution in [1.29, 1.82) is 0 Å². The SMILES string of the molecule is c1ccc(-c2nc(-c3ccc(-n4c5ccccc5c5ccc6c(sc7sc8ccccc8c76)c54)cc3)nc3ccccc23)cc1.c1ccc(-c2nc(-c3cccc(-n4c5ccccc5c5ccc6c(sc7sc8ccccc8c76)c54)c3)nc3ccccc23)cc1. The molecule has 0 N–H and O–H groups in total. The van der Waals surface area contributed by atoms with Crippen molar-refractivity contribution in [3.63, 3.8) is 0 Å². The predicted molar refractivity (Wildman–Crippen MR) is 386 cm³/mol. The highest BCUT2D eigenvalue weighted by Gasteiger charge is 2.23. The van der Waals surface area contributed by atoms with Gasteiger partial charge >= 0.3 is 0 Å². The zero-order chi connectivity index (χ0) is 59.0. The fourth-order valence-electron chi connectivity index (χ4n) is 13.7. The van der Waals surface area contributed by atoms with Crippen molar-refractivity contribution in [2.45, 2.75) is 0 Å². The molecule has 0 bridgehead atoms. The average Bonchev–Trinajstić information content (AvgIpc) is 1.64. The normalized spacial score (nSPS) is 12.0. The van der Waals surface area contributed by atoms with Crippen LogP contribution in [0.4, 0.5) is 0 Å². The van der Waals surface area contributed by atoms with Gasteiger partial charge < -0.3 is 9.13 Å². The van der Waals surface area contributed by atoms with E-state index in [1.807, 2.05) is 69.6 Å². The van der Waals surface area contributed by atoms with Gasteiger partial charge in [-0.05, 0) is 72.8 Å². The van der Waals surface area contributed by atoms with E-state index in [4.69, 9.17) is 19.9 Å². The van der Waals surface area contributed by atoms with Gasteiger partial charge in [0.1, 0.15) is 0 Å². The number of fused-ring (bicyclic) bond motifs is 20. The third-order valence-corrected chi connectivity index (χ3v) is 22.6. The molecule has 8 aromatic heterocycles. The summed E-state index contributed by atoms with van der Waals surface area (Å²) in [7, 11) is 0. The number of hydrogen-bond donors (Lipinski definition) is 0. The molecule has 0 aliphatic rings. The minimum Gasteiger partial charge on any atom is -0.308 e. The molecule has 0 spiro atoms. The molecular weight excluding hydrogens is 1170 g/mol. The topological polar surface area (TPSA) is 61.4 Å². The minimum atomic E-state index is 0.725. The van der Waals surface area contributed by atoms with E-state index in [-0.39, 0.29) is 0 Å². The number of thiophene rings is 4. The maximum absolute atomic E-state index is 5.17. The van der Waals surface area contributed by atoms with Crippen LogP contribution in [0, 0.1) is 0 Å². The molecule has 0 aliphatic carbocycles. The maximum atomic E-state index is 5.17. The minimum absolute atomic E-state index is 0.725. The lowest BCUT2D eigenvalue weighted by Crippen LogP contribution is -1.98. The van der Waals surface area contributed by atoms with Crippen LogP contribution in [0.5, 0.6) is 0 Å². The van der Waals surface area contributed by atoms with Crippen LogP contribution >= 0.6 is 45.3 Å². The maximum Gasteiger partial charge on any atom is 0.160 e. The first kappa shape index (κ1) is 51.3. The first-order valence-corrected chi connectivity index (χ1v) is 33.3. The van der Waals surface area contributed by atoms with Crippen LogP contribution in [0.15, 0.2) is 279 Å². The molecule has 12 aromatic carbocycles. The van der Waals surface area contributed by atoms with Crippen LogP contribution in [0.3, 0.4) is 0 Å². The third kappa shape index (κ3) is 7.99. The second-order valence-corrected chi connectivity index (χ2v) is 27.4. The van der Waals surface area contributed by atoms with Crippen LogP contribution in [-0.2, 0) is 0 Å². The van der Waals surface area contributed by atoms with Crippen LogP contribution in [0.2, 0.25) is 0 Å². The lowest BCUT2D eigenvalue weighted by atomic mass is 10.1. The Morgan fingerprint density at radius 3 is 1.19 bits per heavy atom. The van der Waals surface area contributed by atoms with Gasteiger partial charge in [-0.1, -0.05) is 206 Å². The average molecular weight is 1220 g/mol. The van der Waals surface area contributed by atoms with Crippen LogP contribution < -0.4 is 0 Å². The summed E-state index contributed by atoms with van der Waals surface area (Å²) in [6.07, 6.45) is 0. The summed E-state index contributed by atoms with van der Waals surface area (Å²) in [4.78, 5) is 20.3. The Bertz CT molecular complexity index is 6290. The summed E-state index contributed by atoms with van der Waals surface area (Å²) < 4.78 is 13.0. The lowest BCUT2D eigenvalue weighted by molar-refractivity contribution is 1.18. The Kier molecular flexibility index (Phi) is 11.7. The molecule has 90 heavy (non-hydrogen) atoms. The Balaban J connectivity index is 0.000000130. The molecule has 20 rings (SSSR count). The molecular formula is C80H46N6S4. The number of hydrogen-bond acceptors (Lipinski definition) is 8. The molecule has 10 heteroatoms. The standard InChI is InChI=1S/2C40H23N3S2/c1-2-11-24(12-3-1)36-29-16-4-7-18-32(29)41-39(42-36)25-13-10-14-26(23-25)43-33-19-8-5-15-27(33)28-21-22-31-35-30-17-6-9-20-34(30)44-40(35)45-38(31)37(28)43;1-2-10-24(11-3-1)36-29-13-4-7-15-32(29)41-39(42-36)25-18-20-26(21-19-25)43-33-16-8-5-12-27(33)28-22-23-31-35-30-14-6-9-17-34(30)44-40(35)45-38(31)37(28)43/h2*1-23H. The molecule has 0 amide bonds. The van der Waals surface area contributed by atoms with E-state index in [0.717, 1.165) is 78.5 Å². The second-order valence-electron chi connectivity index (χ2n) is 22.8. The van der Waals surface area contributed by atoms with Gasteiger partial charge in [0.05, 0.1) is 61.9 Å². The highest BCUT2D eigenvalue weighted by Crippen LogP contribution is 2.50. The van der Waals surface area contributed by atoms with E-state index in [9.17, 15) is 0 Å². The van der Waals surface area contributed by atoms with Crippen molar-refractivity contribution < 1.29 is 0 Å². The number of rotatable bonds is 6. The molecule has 8 heterocycles. The van der Waals surface area contributed by atoms with Crippen LogP contribution in [0.1, 0.15) is 0 Å². The van der Waals surface area contributed by atoms with E-state index < -0.39 is 0 Å². The van der Waals surface area contributed by atoms with E-state index in [1.54, 1.807) is 0 Å². The monoisotopic (exact) mass is 1220 g/mol. The summed E-state index contributed by atoms with van der Waals surface area (Å²) in [5.74, 6) is 1.46. The van der Waals surface area contributed by atoms with Crippen molar-refractivity contribution in [2.75, 3.05) is 0 Å². The summed E-state index contributed by atoms with van der Waals surface area (Å²) in [5, 5.41) is 15.3. The summed E-state index contributed by atoms with van der Waals surface area (Å²) in [6, 6.07) is 99.2. The van der Waals surface area contributed by atoms with Crippen molar-refractivity contribution in [2.24, 2.45) is 0 Å². The van der Waals surface area contributed by atoms with Gasteiger partial charge in [-0.25, -0.2) is 19.9 Å². The number of aromatic nitrogens is 6. The highest BCUT2D eigenvalue weighted by atomic mass is 32.2. The Hall–Kier alpha value is -10.7. The van der Waals surface area contributed by atoms with E-state index in [2.05, 4.69) is 264 Å². The molecule has 0 saturated carbocycles. The predicted octanol–water partition coefficient (Wildman–Crippen LogP) is 23.3. The number of para-hydroxylation sites is 4. The van der Waals surface area contributed by atoms with Crippen molar-refractivity contribution in [3.05, 3.63) is 279 Å². The van der Waals surface area contributed by atoms with Crippen molar-refractivity contribution >= 4 is 170 Å². The first-order valence-electron chi connectivity index (χ1n) is 30.0. The fraction of sp³-hybridized carbons (Fsp3) is 0. The van der Waals surface area contributed by atoms with Gasteiger partial charge in [0.2, 0.25) is 0 Å². The van der Waals surface area contributed by atoms with Crippen molar-refractivity contribution in [1.82, 2.24) is 29.1 Å². The molecule has 0 radical (unpaired) electrons. The van der Waals surface area contributed by atoms with Gasteiger partial charge in [0.25, 0.3) is 0 Å². The van der Waals surface area contributed by atoms with Gasteiger partial charge in [-0.3, -0.25) is 0 Å². The molecule has 0 aliphatic heterocycles. The smallest absolute Gasteiger partial charge is 0.160 e. The summed E-state index contributed by atoms with van der Waals surface area (Å²) in [6.45, 7) is 0. The zero-order valence-electron chi connectivity index (χ0n) is 47.9. The highest BCUT2D eigenvalue weighted by molar-refractivity contribution is 7.45. The largest absolute Gasteiger partial charge is 0.308 e. The van der Waals surface area contributed by atoms with Gasteiger partial charge in [0.15, 0.2) is 11.6 Å². The van der Waals surface area contributed by atoms with E-state index >= 15 is 0 Å². The van der Waals surface area contributed by atoms with Gasteiger partial charge in [-0.2, -0.15) is 0 Å². The van der Waals surface area contributed by atoms with Gasteiger partial charge in [0, 0.05) is 108 Å². The Morgan fingerprint density at radius 2 is 0.667 bits per heavy atom. The summed E-state index contributed by atoms with van der Waals surface area (Å²) >= 11 is 7.63. The lowest BCUT2D eigenvalue weighted by Gasteiger charge is -2.12. The first-order chi connectivity index (χ1) is 44.6. The molecule has 0 fully saturated rings. The van der Waals surface area contributed by atoms with Crippen LogP contribution in [0.25, 0.3) is 181 Å². The van der Waals surface area contributed by atoms with Crippen LogP contribution in [-0.4, -0.2) is 29.1 Å². The fourth-order valence-corrected chi connectivity index (χ4v) is 19.1. The number of benzene rings is 12. The molecule has 6 nitrogen and oxygen atoms in total. The molecule has 420 valence electrons. The quantitative estimate of drug-likeness (QED) is 0.166. The van der Waals surface area contributed by atoms with Gasteiger partial charge in [-0.15, -0.1) is 45.3 Å². The zero-order valence-corrected chi connectivity index (χ0v) is 51.1. The number of nitrogens with zero attached hydrogens (tertiary/aromatic N) is 6. The third-order valence-electron chi connectivity index (χ3n) is 17.7. The molecule has 0 saturated heterocycles. The second kappa shape index (κ2) is 20.4. The van der Waals surface area contributed by atoms with E-state index in [1.165, 1.54) is 103 Å². The summed E-state index contributed by atoms with van der Waals surface area (Å²) in [5.41, 5.74) is 15.1.